The van der Waals surface area contributed by atoms with Gasteiger partial charge in [0, 0.05) is 11.1 Å². The van der Waals surface area contributed by atoms with Gasteiger partial charge in [0.05, 0.1) is 11.5 Å². The van der Waals surface area contributed by atoms with Gasteiger partial charge < -0.3 is 10.4 Å². The molecule has 0 saturated heterocycles. The van der Waals surface area contributed by atoms with E-state index in [0.717, 1.165) is 0 Å². The van der Waals surface area contributed by atoms with E-state index in [1.807, 2.05) is 6.07 Å². The van der Waals surface area contributed by atoms with Crippen LogP contribution in [0.4, 0.5) is 0 Å². The molecule has 2 aromatic carbocycles. The molecule has 29 heavy (non-hydrogen) atoms. The van der Waals surface area contributed by atoms with Crippen LogP contribution in [0.3, 0.4) is 0 Å². The molecule has 0 aromatic heterocycles. The summed E-state index contributed by atoms with van der Waals surface area (Å²) in [6.45, 7) is 3.43. The van der Waals surface area contributed by atoms with E-state index >= 15 is 0 Å². The number of carbonyl (C=O) groups is 3. The van der Waals surface area contributed by atoms with E-state index in [1.54, 1.807) is 86.7 Å². The van der Waals surface area contributed by atoms with Crippen LogP contribution in [0.5, 0.6) is 0 Å². The Morgan fingerprint density at radius 2 is 1.69 bits per heavy atom. The quantitative estimate of drug-likeness (QED) is 0.738. The SMILES string of the molecule is CC(C(=O)NC1(C)C=CC=CC1C(=O)O)c1cccc(C(=O)c2ccccc2)c1. The van der Waals surface area contributed by atoms with Crippen molar-refractivity contribution < 1.29 is 19.5 Å². The zero-order chi connectivity index (χ0) is 21.0. The maximum Gasteiger partial charge on any atom is 0.313 e. The molecule has 0 fully saturated rings. The number of hydrogen-bond acceptors (Lipinski definition) is 3. The monoisotopic (exact) mass is 389 g/mol. The first-order valence-electron chi connectivity index (χ1n) is 9.42. The largest absolute Gasteiger partial charge is 0.481 e. The molecule has 0 aliphatic heterocycles. The topological polar surface area (TPSA) is 83.5 Å². The molecule has 5 heteroatoms. The molecule has 3 rings (SSSR count). The molecule has 3 atom stereocenters. The number of allylic oxidation sites excluding steroid dienone is 2. The molecule has 3 unspecified atom stereocenters. The zero-order valence-electron chi connectivity index (χ0n) is 16.3. The molecule has 1 aliphatic rings. The van der Waals surface area contributed by atoms with Gasteiger partial charge in [-0.15, -0.1) is 0 Å². The third kappa shape index (κ3) is 4.35. The summed E-state index contributed by atoms with van der Waals surface area (Å²) < 4.78 is 0. The molecular weight excluding hydrogens is 366 g/mol. The van der Waals surface area contributed by atoms with Crippen molar-refractivity contribution in [2.24, 2.45) is 5.92 Å². The first-order valence-corrected chi connectivity index (χ1v) is 9.42. The second kappa shape index (κ2) is 8.27. The van der Waals surface area contributed by atoms with Crippen LogP contribution in [0.25, 0.3) is 0 Å². The molecule has 0 radical (unpaired) electrons. The number of benzene rings is 2. The maximum absolute atomic E-state index is 12.9. The summed E-state index contributed by atoms with van der Waals surface area (Å²) >= 11 is 0. The van der Waals surface area contributed by atoms with Crippen molar-refractivity contribution in [1.82, 2.24) is 5.32 Å². The van der Waals surface area contributed by atoms with Crippen molar-refractivity contribution in [1.29, 1.82) is 0 Å². The number of ketones is 1. The molecule has 0 heterocycles. The molecule has 1 aliphatic carbocycles. The second-order valence-electron chi connectivity index (χ2n) is 7.37. The van der Waals surface area contributed by atoms with Gasteiger partial charge in [-0.1, -0.05) is 72.8 Å². The number of carbonyl (C=O) groups excluding carboxylic acids is 2. The molecule has 2 aromatic rings. The molecule has 0 bridgehead atoms. The lowest BCUT2D eigenvalue weighted by Gasteiger charge is -2.34. The van der Waals surface area contributed by atoms with Crippen LogP contribution < -0.4 is 5.32 Å². The van der Waals surface area contributed by atoms with Crippen LogP contribution in [0.15, 0.2) is 78.9 Å². The highest BCUT2D eigenvalue weighted by molar-refractivity contribution is 6.09. The second-order valence-corrected chi connectivity index (χ2v) is 7.37. The Labute approximate surface area is 169 Å². The number of carboxylic acids is 1. The number of hydrogen-bond donors (Lipinski definition) is 2. The summed E-state index contributed by atoms with van der Waals surface area (Å²) in [5, 5.41) is 12.3. The van der Waals surface area contributed by atoms with Crippen LogP contribution in [-0.2, 0) is 9.59 Å². The van der Waals surface area contributed by atoms with E-state index in [2.05, 4.69) is 5.32 Å². The lowest BCUT2D eigenvalue weighted by molar-refractivity contribution is -0.142. The first-order chi connectivity index (χ1) is 13.8. The maximum atomic E-state index is 12.9. The lowest BCUT2D eigenvalue weighted by atomic mass is 9.81. The van der Waals surface area contributed by atoms with Crippen LogP contribution in [-0.4, -0.2) is 28.3 Å². The third-order valence-electron chi connectivity index (χ3n) is 5.24. The van der Waals surface area contributed by atoms with Crippen molar-refractivity contribution in [3.05, 3.63) is 95.6 Å². The number of aliphatic carboxylic acids is 1. The number of rotatable bonds is 6. The smallest absolute Gasteiger partial charge is 0.313 e. The fraction of sp³-hybridized carbons (Fsp3) is 0.208. The first kappa shape index (κ1) is 20.3. The van der Waals surface area contributed by atoms with Crippen LogP contribution in [0.1, 0.15) is 41.3 Å². The Hall–Kier alpha value is -3.47. The fourth-order valence-corrected chi connectivity index (χ4v) is 3.42. The van der Waals surface area contributed by atoms with E-state index in [1.165, 1.54) is 0 Å². The normalized spacial score (nSPS) is 21.4. The molecule has 0 spiro atoms. The highest BCUT2D eigenvalue weighted by atomic mass is 16.4. The van der Waals surface area contributed by atoms with Gasteiger partial charge in [-0.05, 0) is 25.5 Å². The Bertz CT molecular complexity index is 993. The van der Waals surface area contributed by atoms with Gasteiger partial charge in [0.15, 0.2) is 5.78 Å². The average Bonchev–Trinajstić information content (AvgIpc) is 2.73. The lowest BCUT2D eigenvalue weighted by Crippen LogP contribution is -2.53. The number of amides is 1. The minimum Gasteiger partial charge on any atom is -0.481 e. The molecule has 148 valence electrons. The predicted molar refractivity (Wildman–Crippen MR) is 111 cm³/mol. The predicted octanol–water partition coefficient (Wildman–Crippen LogP) is 3.72. The van der Waals surface area contributed by atoms with Crippen LogP contribution >= 0.6 is 0 Å². The summed E-state index contributed by atoms with van der Waals surface area (Å²) in [6.07, 6.45) is 6.64. The van der Waals surface area contributed by atoms with Gasteiger partial charge in [0.2, 0.25) is 5.91 Å². The van der Waals surface area contributed by atoms with Crippen LogP contribution in [0.2, 0.25) is 0 Å². The molecule has 0 saturated carbocycles. The minimum atomic E-state index is -1.02. The third-order valence-corrected chi connectivity index (χ3v) is 5.24. The van der Waals surface area contributed by atoms with E-state index in [9.17, 15) is 19.5 Å². The fourth-order valence-electron chi connectivity index (χ4n) is 3.42. The molecular formula is C24H23NO4. The van der Waals surface area contributed by atoms with Crippen LogP contribution in [0, 0.1) is 5.92 Å². The molecule has 1 amide bonds. The highest BCUT2D eigenvalue weighted by Gasteiger charge is 2.38. The van der Waals surface area contributed by atoms with Gasteiger partial charge in [0.1, 0.15) is 5.92 Å². The van der Waals surface area contributed by atoms with Gasteiger partial charge in [-0.25, -0.2) is 0 Å². The van der Waals surface area contributed by atoms with Gasteiger partial charge >= 0.3 is 5.97 Å². The van der Waals surface area contributed by atoms with Crippen molar-refractivity contribution in [2.75, 3.05) is 0 Å². The average molecular weight is 389 g/mol. The Balaban J connectivity index is 1.80. The Morgan fingerprint density at radius 1 is 1.00 bits per heavy atom. The van der Waals surface area contributed by atoms with E-state index in [0.29, 0.717) is 16.7 Å². The molecule has 5 nitrogen and oxygen atoms in total. The Morgan fingerprint density at radius 3 is 2.38 bits per heavy atom. The van der Waals surface area contributed by atoms with E-state index in [4.69, 9.17) is 0 Å². The van der Waals surface area contributed by atoms with Crippen molar-refractivity contribution in [3.63, 3.8) is 0 Å². The highest BCUT2D eigenvalue weighted by Crippen LogP contribution is 2.27. The summed E-state index contributed by atoms with van der Waals surface area (Å²) in [7, 11) is 0. The van der Waals surface area contributed by atoms with Crippen molar-refractivity contribution >= 4 is 17.7 Å². The minimum absolute atomic E-state index is 0.113. The summed E-state index contributed by atoms with van der Waals surface area (Å²) in [5.41, 5.74) is 0.750. The zero-order valence-corrected chi connectivity index (χ0v) is 16.3. The summed E-state index contributed by atoms with van der Waals surface area (Å²) in [5.74, 6) is -2.82. The number of carboxylic acid groups (broad SMARTS) is 1. The van der Waals surface area contributed by atoms with Crippen molar-refractivity contribution in [2.45, 2.75) is 25.3 Å². The summed E-state index contributed by atoms with van der Waals surface area (Å²) in [6, 6.07) is 15.9. The van der Waals surface area contributed by atoms with E-state index < -0.39 is 23.3 Å². The van der Waals surface area contributed by atoms with E-state index in [-0.39, 0.29) is 11.7 Å². The van der Waals surface area contributed by atoms with Gasteiger partial charge in [-0.2, -0.15) is 0 Å². The van der Waals surface area contributed by atoms with Gasteiger partial charge in [0.25, 0.3) is 0 Å². The summed E-state index contributed by atoms with van der Waals surface area (Å²) in [4.78, 5) is 37.2. The molecule has 2 N–H and O–H groups in total. The van der Waals surface area contributed by atoms with Crippen molar-refractivity contribution in [3.8, 4) is 0 Å². The Kier molecular flexibility index (Phi) is 5.78. The number of nitrogens with one attached hydrogen (secondary N) is 1. The standard InChI is InChI=1S/C24H23NO4/c1-16(22(27)25-24(2)14-7-6-13-20(24)23(28)29)18-11-8-12-19(15-18)21(26)17-9-4-3-5-10-17/h3-16,20H,1-2H3,(H,25,27)(H,28,29). The van der Waals surface area contributed by atoms with Gasteiger partial charge in [-0.3, -0.25) is 14.4 Å².